The molecule has 0 radical (unpaired) electrons. The van der Waals surface area contributed by atoms with Gasteiger partial charge in [0.25, 0.3) is 5.91 Å². The normalized spacial score (nSPS) is 17.1. The number of carbonyl (C=O) groups is 1. The molecular formula is C15H20ClNO2. The number of hydrogen-bond acceptors (Lipinski definition) is 2. The van der Waals surface area contributed by atoms with Crippen LogP contribution in [0, 0.1) is 6.92 Å². The summed E-state index contributed by atoms with van der Waals surface area (Å²) >= 11 is 5.91. The number of carbonyl (C=O) groups excluding carboxylic acids is 1. The van der Waals surface area contributed by atoms with Crippen molar-refractivity contribution in [1.29, 1.82) is 0 Å². The van der Waals surface area contributed by atoms with Crippen LogP contribution in [0.25, 0.3) is 0 Å². The van der Waals surface area contributed by atoms with E-state index in [1.165, 1.54) is 6.42 Å². The fourth-order valence-corrected chi connectivity index (χ4v) is 2.58. The fraction of sp³-hybridized carbons (Fsp3) is 0.533. The van der Waals surface area contributed by atoms with Crippen molar-refractivity contribution in [2.45, 2.75) is 39.2 Å². The van der Waals surface area contributed by atoms with E-state index in [4.69, 9.17) is 16.3 Å². The Morgan fingerprint density at radius 3 is 2.63 bits per heavy atom. The number of hydrogen-bond donors (Lipinski definition) is 0. The molecule has 3 nitrogen and oxygen atoms in total. The van der Waals surface area contributed by atoms with Gasteiger partial charge in [0.15, 0.2) is 6.10 Å². The maximum absolute atomic E-state index is 12.3. The first-order valence-electron chi connectivity index (χ1n) is 6.79. The highest BCUT2D eigenvalue weighted by atomic mass is 35.5. The van der Waals surface area contributed by atoms with Crippen LogP contribution in [-0.4, -0.2) is 30.0 Å². The van der Waals surface area contributed by atoms with Gasteiger partial charge < -0.3 is 9.64 Å². The predicted octanol–water partition coefficient (Wildman–Crippen LogP) is 3.43. The summed E-state index contributed by atoms with van der Waals surface area (Å²) in [6, 6.07) is 5.44. The third kappa shape index (κ3) is 3.63. The number of aryl methyl sites for hydroxylation is 1. The van der Waals surface area contributed by atoms with Crippen molar-refractivity contribution in [3.63, 3.8) is 0 Å². The van der Waals surface area contributed by atoms with Gasteiger partial charge in [-0.1, -0.05) is 11.6 Å². The summed E-state index contributed by atoms with van der Waals surface area (Å²) in [6.07, 6.45) is 2.96. The first-order valence-corrected chi connectivity index (χ1v) is 7.17. The van der Waals surface area contributed by atoms with Crippen LogP contribution in [0.1, 0.15) is 31.7 Å². The van der Waals surface area contributed by atoms with Crippen molar-refractivity contribution < 1.29 is 9.53 Å². The zero-order valence-electron chi connectivity index (χ0n) is 11.5. The Balaban J connectivity index is 1.99. The van der Waals surface area contributed by atoms with Gasteiger partial charge >= 0.3 is 0 Å². The second-order valence-electron chi connectivity index (χ2n) is 5.06. The van der Waals surface area contributed by atoms with Crippen LogP contribution in [0.15, 0.2) is 18.2 Å². The molecule has 1 fully saturated rings. The molecule has 0 bridgehead atoms. The average molecular weight is 282 g/mol. The number of nitrogens with zero attached hydrogens (tertiary/aromatic N) is 1. The molecule has 1 heterocycles. The Labute approximate surface area is 119 Å². The van der Waals surface area contributed by atoms with Crippen molar-refractivity contribution >= 4 is 17.5 Å². The maximum atomic E-state index is 12.3. The summed E-state index contributed by atoms with van der Waals surface area (Å²) in [5, 5.41) is 0.680. The minimum Gasteiger partial charge on any atom is -0.481 e. The molecule has 1 aliphatic heterocycles. The molecule has 0 N–H and O–H groups in total. The van der Waals surface area contributed by atoms with E-state index in [9.17, 15) is 4.79 Å². The number of halogens is 1. The monoisotopic (exact) mass is 281 g/mol. The second kappa shape index (κ2) is 6.29. The molecule has 0 spiro atoms. The van der Waals surface area contributed by atoms with E-state index in [1.807, 2.05) is 30.9 Å². The molecule has 0 aliphatic carbocycles. The van der Waals surface area contributed by atoms with Crippen LogP contribution >= 0.6 is 11.6 Å². The lowest BCUT2D eigenvalue weighted by Gasteiger charge is -2.29. The van der Waals surface area contributed by atoms with Crippen LogP contribution in [-0.2, 0) is 4.79 Å². The van der Waals surface area contributed by atoms with Gasteiger partial charge in [0.1, 0.15) is 5.75 Å². The number of rotatable bonds is 3. The number of likely N-dealkylation sites (tertiary alicyclic amines) is 1. The van der Waals surface area contributed by atoms with Crippen molar-refractivity contribution in [1.82, 2.24) is 4.90 Å². The molecule has 19 heavy (non-hydrogen) atoms. The lowest BCUT2D eigenvalue weighted by molar-refractivity contribution is -0.138. The first kappa shape index (κ1) is 14.2. The van der Waals surface area contributed by atoms with E-state index in [0.717, 1.165) is 37.2 Å². The molecule has 0 aromatic heterocycles. The van der Waals surface area contributed by atoms with Gasteiger partial charge in [0, 0.05) is 18.1 Å². The van der Waals surface area contributed by atoms with Crippen LogP contribution in [0.2, 0.25) is 5.02 Å². The van der Waals surface area contributed by atoms with Gasteiger partial charge in [-0.15, -0.1) is 0 Å². The molecule has 0 saturated carbocycles. The highest BCUT2D eigenvalue weighted by Gasteiger charge is 2.23. The second-order valence-corrected chi connectivity index (χ2v) is 5.49. The Morgan fingerprint density at radius 2 is 2.00 bits per heavy atom. The Kier molecular flexibility index (Phi) is 4.70. The van der Waals surface area contributed by atoms with Gasteiger partial charge in [-0.3, -0.25) is 4.79 Å². The van der Waals surface area contributed by atoms with Gasteiger partial charge in [-0.2, -0.15) is 0 Å². The lowest BCUT2D eigenvalue weighted by Crippen LogP contribution is -2.43. The number of benzene rings is 1. The van der Waals surface area contributed by atoms with Crippen molar-refractivity contribution in [3.05, 3.63) is 28.8 Å². The largest absolute Gasteiger partial charge is 0.481 e. The minimum absolute atomic E-state index is 0.0778. The molecule has 104 valence electrons. The van der Waals surface area contributed by atoms with Crippen LogP contribution in [0.5, 0.6) is 5.75 Å². The maximum Gasteiger partial charge on any atom is 0.263 e. The molecule has 2 rings (SSSR count). The summed E-state index contributed by atoms with van der Waals surface area (Å²) in [7, 11) is 0. The summed E-state index contributed by atoms with van der Waals surface area (Å²) in [5.74, 6) is 0.802. The first-order chi connectivity index (χ1) is 9.08. The van der Waals surface area contributed by atoms with Crippen molar-refractivity contribution in [2.75, 3.05) is 13.1 Å². The van der Waals surface area contributed by atoms with Crippen LogP contribution in [0.4, 0.5) is 0 Å². The smallest absolute Gasteiger partial charge is 0.263 e. The molecule has 1 aromatic rings. The molecule has 4 heteroatoms. The summed E-state index contributed by atoms with van der Waals surface area (Å²) in [5.41, 5.74) is 0.950. The molecule has 0 unspecified atom stereocenters. The van der Waals surface area contributed by atoms with E-state index >= 15 is 0 Å². The zero-order chi connectivity index (χ0) is 13.8. The zero-order valence-corrected chi connectivity index (χ0v) is 12.2. The highest BCUT2D eigenvalue weighted by molar-refractivity contribution is 6.30. The van der Waals surface area contributed by atoms with Crippen molar-refractivity contribution in [2.24, 2.45) is 0 Å². The average Bonchev–Trinajstić information content (AvgIpc) is 2.42. The van der Waals surface area contributed by atoms with Crippen molar-refractivity contribution in [3.8, 4) is 5.75 Å². The van der Waals surface area contributed by atoms with Gasteiger partial charge in [0.05, 0.1) is 0 Å². The van der Waals surface area contributed by atoms with E-state index in [2.05, 4.69) is 0 Å². The Morgan fingerprint density at radius 1 is 1.32 bits per heavy atom. The van der Waals surface area contributed by atoms with Crippen LogP contribution in [0.3, 0.4) is 0 Å². The Bertz CT molecular complexity index is 455. The SMILES string of the molecule is Cc1cc(Cl)ccc1O[C@@H](C)C(=O)N1CCCCC1. The molecule has 1 saturated heterocycles. The Hall–Kier alpha value is -1.22. The predicted molar refractivity (Wildman–Crippen MR) is 76.7 cm³/mol. The van der Waals surface area contributed by atoms with Gasteiger partial charge in [-0.25, -0.2) is 0 Å². The van der Waals surface area contributed by atoms with E-state index in [-0.39, 0.29) is 5.91 Å². The van der Waals surface area contributed by atoms with E-state index in [0.29, 0.717) is 5.02 Å². The summed E-state index contributed by atoms with van der Waals surface area (Å²) in [6.45, 7) is 5.45. The van der Waals surface area contributed by atoms with E-state index in [1.54, 1.807) is 6.07 Å². The van der Waals surface area contributed by atoms with Crippen LogP contribution < -0.4 is 4.74 Å². The molecule has 1 aliphatic rings. The number of ether oxygens (including phenoxy) is 1. The number of piperidine rings is 1. The summed E-state index contributed by atoms with van der Waals surface area (Å²) < 4.78 is 5.77. The lowest BCUT2D eigenvalue weighted by atomic mass is 10.1. The summed E-state index contributed by atoms with van der Waals surface area (Å²) in [4.78, 5) is 14.2. The molecule has 1 atom stereocenters. The fourth-order valence-electron chi connectivity index (χ4n) is 2.36. The van der Waals surface area contributed by atoms with Gasteiger partial charge in [0.2, 0.25) is 0 Å². The highest BCUT2D eigenvalue weighted by Crippen LogP contribution is 2.23. The molecular weight excluding hydrogens is 262 g/mol. The quantitative estimate of drug-likeness (QED) is 0.849. The van der Waals surface area contributed by atoms with E-state index < -0.39 is 6.10 Å². The number of amides is 1. The third-order valence-electron chi connectivity index (χ3n) is 3.46. The minimum atomic E-state index is -0.446. The molecule has 1 aromatic carbocycles. The van der Waals surface area contributed by atoms with Gasteiger partial charge in [-0.05, 0) is 56.9 Å². The standard InChI is InChI=1S/C15H20ClNO2/c1-11-10-13(16)6-7-14(11)19-12(2)15(18)17-8-4-3-5-9-17/h6-7,10,12H,3-5,8-9H2,1-2H3/t12-/m0/s1. The topological polar surface area (TPSA) is 29.5 Å². The molecule has 1 amide bonds. The third-order valence-corrected chi connectivity index (χ3v) is 3.69.